The van der Waals surface area contributed by atoms with Gasteiger partial charge in [0.25, 0.3) is 0 Å². The van der Waals surface area contributed by atoms with E-state index in [1.165, 1.54) is 37.8 Å². The van der Waals surface area contributed by atoms with E-state index in [9.17, 15) is 4.79 Å². The summed E-state index contributed by atoms with van der Waals surface area (Å²) in [6.45, 7) is 2.31. The second kappa shape index (κ2) is 4.87. The third-order valence-corrected chi connectivity index (χ3v) is 4.60. The van der Waals surface area contributed by atoms with Crippen molar-refractivity contribution in [3.05, 3.63) is 29.8 Å². The smallest absolute Gasteiger partial charge is 0.307 e. The van der Waals surface area contributed by atoms with Crippen molar-refractivity contribution in [2.24, 2.45) is 5.41 Å². The summed E-state index contributed by atoms with van der Waals surface area (Å²) in [4.78, 5) is 13.2. The van der Waals surface area contributed by atoms with Gasteiger partial charge in [-0.25, -0.2) is 0 Å². The van der Waals surface area contributed by atoms with Crippen LogP contribution in [0.15, 0.2) is 24.3 Å². The number of carbonyl (C=O) groups is 1. The molecule has 1 aliphatic carbocycles. The molecule has 102 valence electrons. The summed E-state index contributed by atoms with van der Waals surface area (Å²) < 4.78 is 0. The van der Waals surface area contributed by atoms with E-state index in [1.54, 1.807) is 0 Å². The highest BCUT2D eigenvalue weighted by Crippen LogP contribution is 2.45. The van der Waals surface area contributed by atoms with Crippen LogP contribution in [0.3, 0.4) is 0 Å². The van der Waals surface area contributed by atoms with Gasteiger partial charge in [-0.15, -0.1) is 0 Å². The van der Waals surface area contributed by atoms with Crippen molar-refractivity contribution >= 4 is 11.7 Å². The molecular weight excluding hydrogens is 238 g/mol. The maximum Gasteiger partial charge on any atom is 0.307 e. The van der Waals surface area contributed by atoms with Gasteiger partial charge in [0.15, 0.2) is 0 Å². The molecule has 1 spiro atoms. The summed E-state index contributed by atoms with van der Waals surface area (Å²) in [5.74, 6) is -0.760. The Hall–Kier alpha value is -1.51. The van der Waals surface area contributed by atoms with Crippen LogP contribution in [-0.4, -0.2) is 24.2 Å². The van der Waals surface area contributed by atoms with Crippen LogP contribution in [0.25, 0.3) is 0 Å². The first-order valence-electron chi connectivity index (χ1n) is 7.23. The highest BCUT2D eigenvalue weighted by Gasteiger charge is 2.43. The summed E-state index contributed by atoms with van der Waals surface area (Å²) in [5.41, 5.74) is 2.66. The number of nitrogens with zero attached hydrogens (tertiary/aromatic N) is 1. The van der Waals surface area contributed by atoms with Crippen molar-refractivity contribution in [2.45, 2.75) is 38.5 Å². The summed E-state index contributed by atoms with van der Waals surface area (Å²) in [6.07, 6.45) is 7.03. The molecule has 0 bridgehead atoms. The number of benzene rings is 1. The minimum absolute atomic E-state index is 0.118. The molecule has 1 aromatic rings. The van der Waals surface area contributed by atoms with Gasteiger partial charge < -0.3 is 10.0 Å². The number of carboxylic acids is 1. The zero-order valence-corrected chi connectivity index (χ0v) is 11.3. The van der Waals surface area contributed by atoms with Crippen LogP contribution in [0.4, 0.5) is 5.69 Å². The van der Waals surface area contributed by atoms with Crippen LogP contribution in [-0.2, 0) is 11.2 Å². The van der Waals surface area contributed by atoms with Gasteiger partial charge in [-0.3, -0.25) is 4.79 Å². The lowest BCUT2D eigenvalue weighted by molar-refractivity contribution is -0.136. The average Bonchev–Trinajstić information content (AvgIpc) is 2.36. The summed E-state index contributed by atoms with van der Waals surface area (Å²) in [7, 11) is 0. The molecule has 3 rings (SSSR count). The zero-order chi connectivity index (χ0) is 13.3. The van der Waals surface area contributed by atoms with Crippen LogP contribution in [0.2, 0.25) is 0 Å². The summed E-state index contributed by atoms with van der Waals surface area (Å²) in [5, 5.41) is 8.85. The SMILES string of the molecule is O=C(O)Cc1cccc(N2CC3(CCCCC3)C2)c1. The molecule has 2 aliphatic rings. The standard InChI is InChI=1S/C16H21NO2/c18-15(19)10-13-5-4-6-14(9-13)17-11-16(12-17)7-2-1-3-8-16/h4-6,9H,1-3,7-8,10-12H2,(H,18,19). The third kappa shape index (κ3) is 2.60. The Morgan fingerprint density at radius 1 is 1.21 bits per heavy atom. The maximum atomic E-state index is 10.8. The Kier molecular flexibility index (Phi) is 3.21. The van der Waals surface area contributed by atoms with E-state index >= 15 is 0 Å². The molecule has 3 heteroatoms. The Morgan fingerprint density at radius 2 is 1.95 bits per heavy atom. The largest absolute Gasteiger partial charge is 0.481 e. The molecule has 3 nitrogen and oxygen atoms in total. The van der Waals surface area contributed by atoms with Crippen molar-refractivity contribution in [2.75, 3.05) is 18.0 Å². The molecule has 19 heavy (non-hydrogen) atoms. The van der Waals surface area contributed by atoms with Gasteiger partial charge in [-0.1, -0.05) is 31.4 Å². The number of carboxylic acid groups (broad SMARTS) is 1. The quantitative estimate of drug-likeness (QED) is 0.906. The average molecular weight is 259 g/mol. The monoisotopic (exact) mass is 259 g/mol. The van der Waals surface area contributed by atoms with E-state index < -0.39 is 5.97 Å². The van der Waals surface area contributed by atoms with Crippen LogP contribution < -0.4 is 4.90 Å². The molecule has 0 radical (unpaired) electrons. The second-order valence-corrected chi connectivity index (χ2v) is 6.16. The lowest BCUT2D eigenvalue weighted by Gasteiger charge is -2.53. The van der Waals surface area contributed by atoms with Crippen LogP contribution in [0.5, 0.6) is 0 Å². The normalized spacial score (nSPS) is 21.2. The number of aliphatic carboxylic acids is 1. The minimum atomic E-state index is -0.760. The molecule has 1 aromatic carbocycles. The van der Waals surface area contributed by atoms with Crippen LogP contribution in [0, 0.1) is 5.41 Å². The van der Waals surface area contributed by atoms with Gasteiger partial charge in [0, 0.05) is 24.2 Å². The first-order chi connectivity index (χ1) is 9.17. The number of rotatable bonds is 3. The lowest BCUT2D eigenvalue weighted by Crippen LogP contribution is -2.57. The van der Waals surface area contributed by atoms with Crippen molar-refractivity contribution in [1.82, 2.24) is 0 Å². The maximum absolute atomic E-state index is 10.8. The lowest BCUT2D eigenvalue weighted by atomic mass is 9.68. The predicted molar refractivity (Wildman–Crippen MR) is 75.5 cm³/mol. The van der Waals surface area contributed by atoms with E-state index in [0.29, 0.717) is 5.41 Å². The fourth-order valence-electron chi connectivity index (χ4n) is 3.60. The van der Waals surface area contributed by atoms with E-state index in [4.69, 9.17) is 5.11 Å². The first-order valence-corrected chi connectivity index (χ1v) is 7.23. The predicted octanol–water partition coefficient (Wildman–Crippen LogP) is 3.08. The first kappa shape index (κ1) is 12.5. The molecular formula is C16H21NO2. The zero-order valence-electron chi connectivity index (χ0n) is 11.3. The Morgan fingerprint density at radius 3 is 2.63 bits per heavy atom. The van der Waals surface area contributed by atoms with Gasteiger partial charge in [0.05, 0.1) is 6.42 Å². The van der Waals surface area contributed by atoms with Crippen molar-refractivity contribution in [3.63, 3.8) is 0 Å². The van der Waals surface area contributed by atoms with Crippen molar-refractivity contribution < 1.29 is 9.90 Å². The van der Waals surface area contributed by atoms with Gasteiger partial charge in [-0.05, 0) is 30.5 Å². The molecule has 1 saturated carbocycles. The van der Waals surface area contributed by atoms with Gasteiger partial charge in [0.1, 0.15) is 0 Å². The molecule has 1 saturated heterocycles. The van der Waals surface area contributed by atoms with E-state index in [1.807, 2.05) is 18.2 Å². The molecule has 0 atom stereocenters. The Balaban J connectivity index is 1.66. The van der Waals surface area contributed by atoms with Crippen LogP contribution >= 0.6 is 0 Å². The van der Waals surface area contributed by atoms with Gasteiger partial charge in [0.2, 0.25) is 0 Å². The van der Waals surface area contributed by atoms with Gasteiger partial charge in [-0.2, -0.15) is 0 Å². The molecule has 0 amide bonds. The fraction of sp³-hybridized carbons (Fsp3) is 0.562. The summed E-state index contributed by atoms with van der Waals surface area (Å²) in [6, 6.07) is 8.00. The highest BCUT2D eigenvalue weighted by atomic mass is 16.4. The molecule has 1 heterocycles. The number of hydrogen-bond acceptors (Lipinski definition) is 2. The number of hydrogen-bond donors (Lipinski definition) is 1. The molecule has 0 unspecified atom stereocenters. The second-order valence-electron chi connectivity index (χ2n) is 6.16. The van der Waals surface area contributed by atoms with Gasteiger partial charge >= 0.3 is 5.97 Å². The van der Waals surface area contributed by atoms with E-state index in [-0.39, 0.29) is 6.42 Å². The molecule has 0 aromatic heterocycles. The number of anilines is 1. The van der Waals surface area contributed by atoms with E-state index in [0.717, 1.165) is 18.7 Å². The molecule has 2 fully saturated rings. The van der Waals surface area contributed by atoms with Crippen molar-refractivity contribution in [3.8, 4) is 0 Å². The third-order valence-electron chi connectivity index (χ3n) is 4.60. The molecule has 1 N–H and O–H groups in total. The Labute approximate surface area is 114 Å². The summed E-state index contributed by atoms with van der Waals surface area (Å²) >= 11 is 0. The van der Waals surface area contributed by atoms with Crippen LogP contribution in [0.1, 0.15) is 37.7 Å². The highest BCUT2D eigenvalue weighted by molar-refractivity contribution is 5.71. The minimum Gasteiger partial charge on any atom is -0.481 e. The van der Waals surface area contributed by atoms with Crippen molar-refractivity contribution in [1.29, 1.82) is 0 Å². The topological polar surface area (TPSA) is 40.5 Å². The van der Waals surface area contributed by atoms with E-state index in [2.05, 4.69) is 11.0 Å². The Bertz CT molecular complexity index is 469. The molecule has 1 aliphatic heterocycles. The fourth-order valence-corrected chi connectivity index (χ4v) is 3.60.